The molecule has 168 valence electrons. The van der Waals surface area contributed by atoms with E-state index in [4.69, 9.17) is 16.3 Å². The van der Waals surface area contributed by atoms with E-state index >= 15 is 0 Å². The average molecular weight is 437 g/mol. The highest BCUT2D eigenvalue weighted by Gasteiger charge is 2.41. The van der Waals surface area contributed by atoms with E-state index in [9.17, 15) is 14.7 Å². The quantitative estimate of drug-likeness (QED) is 0.472. The summed E-state index contributed by atoms with van der Waals surface area (Å²) >= 11 is 6.46. The normalized spacial score (nSPS) is 26.5. The lowest BCUT2D eigenvalue weighted by atomic mass is 9.90. The number of hydrogen-bond acceptors (Lipinski definition) is 4. The molecule has 0 radical (unpaired) electrons. The summed E-state index contributed by atoms with van der Waals surface area (Å²) < 4.78 is 5.95. The van der Waals surface area contributed by atoms with E-state index in [1.165, 1.54) is 0 Å². The van der Waals surface area contributed by atoms with E-state index in [-0.39, 0.29) is 11.9 Å². The van der Waals surface area contributed by atoms with Crippen LogP contribution in [-0.2, 0) is 14.3 Å². The Labute approximate surface area is 186 Å². The second-order valence-corrected chi connectivity index (χ2v) is 10.00. The number of halogens is 1. The zero-order valence-corrected chi connectivity index (χ0v) is 20.0. The zero-order valence-electron chi connectivity index (χ0n) is 19.3. The van der Waals surface area contributed by atoms with Crippen molar-refractivity contribution in [3.8, 4) is 0 Å². The Balaban J connectivity index is 1.83. The molecule has 5 heteroatoms. The van der Waals surface area contributed by atoms with Gasteiger partial charge in [0.2, 0.25) is 0 Å². The van der Waals surface area contributed by atoms with Gasteiger partial charge in [0.1, 0.15) is 18.0 Å². The SMILES string of the molecule is CC1=C(Cl)C(C)=C(C=O)C(O)C=C1CCC(C)CCCC(C)C1CC(=O)C(C)(C)O1. The van der Waals surface area contributed by atoms with Gasteiger partial charge in [0.15, 0.2) is 5.78 Å². The van der Waals surface area contributed by atoms with Crippen LogP contribution >= 0.6 is 11.6 Å². The lowest BCUT2D eigenvalue weighted by molar-refractivity contribution is -0.130. The summed E-state index contributed by atoms with van der Waals surface area (Å²) in [5.74, 6) is 1.12. The number of Topliss-reactive ketones (excluding diaryl/α,β-unsaturated/α-hetero) is 1. The lowest BCUT2D eigenvalue weighted by Crippen LogP contribution is -2.28. The number of hydrogen-bond donors (Lipinski definition) is 1. The van der Waals surface area contributed by atoms with Crippen molar-refractivity contribution in [3.05, 3.63) is 33.4 Å². The number of ether oxygens (including phenoxy) is 1. The Kier molecular flexibility index (Phi) is 8.67. The fraction of sp³-hybridized carbons (Fsp3) is 0.680. The van der Waals surface area contributed by atoms with Crippen LogP contribution in [0.3, 0.4) is 0 Å². The van der Waals surface area contributed by atoms with Gasteiger partial charge in [-0.3, -0.25) is 9.59 Å². The van der Waals surface area contributed by atoms with Crippen LogP contribution in [-0.4, -0.2) is 35.0 Å². The van der Waals surface area contributed by atoms with E-state index in [0.717, 1.165) is 43.3 Å². The molecule has 0 aromatic carbocycles. The van der Waals surface area contributed by atoms with Crippen molar-refractivity contribution in [1.29, 1.82) is 0 Å². The second kappa shape index (κ2) is 10.4. The van der Waals surface area contributed by atoms with Crippen molar-refractivity contribution in [2.24, 2.45) is 11.8 Å². The second-order valence-electron chi connectivity index (χ2n) is 9.62. The lowest BCUT2D eigenvalue weighted by Gasteiger charge is -2.23. The fourth-order valence-corrected chi connectivity index (χ4v) is 4.59. The van der Waals surface area contributed by atoms with Crippen molar-refractivity contribution in [3.63, 3.8) is 0 Å². The van der Waals surface area contributed by atoms with E-state index in [2.05, 4.69) is 13.8 Å². The predicted molar refractivity (Wildman–Crippen MR) is 121 cm³/mol. The Morgan fingerprint density at radius 3 is 2.47 bits per heavy atom. The van der Waals surface area contributed by atoms with Gasteiger partial charge in [-0.1, -0.05) is 38.3 Å². The summed E-state index contributed by atoms with van der Waals surface area (Å²) in [7, 11) is 0. The van der Waals surface area contributed by atoms with Crippen LogP contribution in [0.2, 0.25) is 0 Å². The van der Waals surface area contributed by atoms with Gasteiger partial charge in [-0.2, -0.15) is 0 Å². The summed E-state index contributed by atoms with van der Waals surface area (Å²) in [4.78, 5) is 23.3. The summed E-state index contributed by atoms with van der Waals surface area (Å²) in [5.41, 5.74) is 2.32. The number of aliphatic hydroxyl groups excluding tert-OH is 1. The Morgan fingerprint density at radius 2 is 1.90 bits per heavy atom. The maximum absolute atomic E-state index is 12.0. The van der Waals surface area contributed by atoms with Crippen LogP contribution in [0.5, 0.6) is 0 Å². The third kappa shape index (κ3) is 5.93. The van der Waals surface area contributed by atoms with Crippen molar-refractivity contribution < 1.29 is 19.4 Å². The smallest absolute Gasteiger partial charge is 0.166 e. The number of carbonyl (C=O) groups excluding carboxylic acids is 2. The van der Waals surface area contributed by atoms with Gasteiger partial charge in [-0.15, -0.1) is 0 Å². The first kappa shape index (κ1) is 25.0. The van der Waals surface area contributed by atoms with Crippen molar-refractivity contribution in [2.45, 2.75) is 97.9 Å². The van der Waals surface area contributed by atoms with Crippen molar-refractivity contribution in [1.82, 2.24) is 0 Å². The molecule has 0 aromatic heterocycles. The van der Waals surface area contributed by atoms with Gasteiger partial charge >= 0.3 is 0 Å². The third-order valence-electron chi connectivity index (χ3n) is 6.78. The minimum atomic E-state index is -0.904. The standard InChI is InChI=1S/C25H37ClO4/c1-15(8-7-9-16(2)22-13-23(29)25(5,6)30-22)10-11-19-12-21(28)20(14-27)18(4)24(26)17(19)3/h12,14-16,21-22,28H,7-11,13H2,1-6H3. The molecule has 0 bridgehead atoms. The molecule has 0 spiro atoms. The molecule has 0 aromatic rings. The van der Waals surface area contributed by atoms with Gasteiger partial charge in [0.25, 0.3) is 0 Å². The van der Waals surface area contributed by atoms with Crippen LogP contribution in [0.15, 0.2) is 33.4 Å². The van der Waals surface area contributed by atoms with Gasteiger partial charge in [-0.25, -0.2) is 0 Å². The van der Waals surface area contributed by atoms with E-state index < -0.39 is 11.7 Å². The van der Waals surface area contributed by atoms with Crippen molar-refractivity contribution in [2.75, 3.05) is 0 Å². The van der Waals surface area contributed by atoms with E-state index in [1.54, 1.807) is 13.0 Å². The molecular formula is C25H37ClO4. The first-order chi connectivity index (χ1) is 14.0. The maximum atomic E-state index is 12.0. The fourth-order valence-electron chi connectivity index (χ4n) is 4.36. The number of rotatable bonds is 9. The molecule has 1 saturated heterocycles. The minimum absolute atomic E-state index is 0.0399. The van der Waals surface area contributed by atoms with E-state index in [0.29, 0.717) is 40.7 Å². The van der Waals surface area contributed by atoms with Crippen molar-refractivity contribution >= 4 is 23.7 Å². The first-order valence-corrected chi connectivity index (χ1v) is 11.5. The minimum Gasteiger partial charge on any atom is -0.384 e. The summed E-state index contributed by atoms with van der Waals surface area (Å²) in [5, 5.41) is 10.9. The molecule has 2 aliphatic rings. The third-order valence-corrected chi connectivity index (χ3v) is 7.35. The molecule has 1 aliphatic carbocycles. The van der Waals surface area contributed by atoms with Gasteiger partial charge in [0, 0.05) is 17.0 Å². The Bertz CT molecular complexity index is 759. The van der Waals surface area contributed by atoms with Crippen LogP contribution in [0.1, 0.15) is 80.1 Å². The molecule has 4 atom stereocenters. The highest BCUT2D eigenvalue weighted by molar-refractivity contribution is 6.33. The Morgan fingerprint density at radius 1 is 1.23 bits per heavy atom. The molecule has 1 heterocycles. The molecule has 1 aliphatic heterocycles. The van der Waals surface area contributed by atoms with Crippen LogP contribution in [0, 0.1) is 11.8 Å². The van der Waals surface area contributed by atoms with Crippen LogP contribution in [0.25, 0.3) is 0 Å². The molecular weight excluding hydrogens is 400 g/mol. The highest BCUT2D eigenvalue weighted by atomic mass is 35.5. The molecule has 1 fully saturated rings. The van der Waals surface area contributed by atoms with Gasteiger partial charge < -0.3 is 9.84 Å². The van der Waals surface area contributed by atoms with E-state index in [1.807, 2.05) is 20.8 Å². The molecule has 1 N–H and O–H groups in total. The summed E-state index contributed by atoms with van der Waals surface area (Å²) in [6.07, 6.45) is 7.21. The number of allylic oxidation sites excluding steroid dienone is 4. The molecule has 0 saturated carbocycles. The topological polar surface area (TPSA) is 63.6 Å². The predicted octanol–water partition coefficient (Wildman–Crippen LogP) is 5.67. The monoisotopic (exact) mass is 436 g/mol. The largest absolute Gasteiger partial charge is 0.384 e. The number of aliphatic hydroxyl groups is 1. The first-order valence-electron chi connectivity index (χ1n) is 11.1. The number of ketones is 1. The van der Waals surface area contributed by atoms with Crippen LogP contribution in [0.4, 0.5) is 0 Å². The molecule has 30 heavy (non-hydrogen) atoms. The number of aldehydes is 1. The maximum Gasteiger partial charge on any atom is 0.166 e. The van der Waals surface area contributed by atoms with Crippen LogP contribution < -0.4 is 0 Å². The summed E-state index contributed by atoms with van der Waals surface area (Å²) in [6, 6.07) is 0. The highest BCUT2D eigenvalue weighted by Crippen LogP contribution is 2.35. The summed E-state index contributed by atoms with van der Waals surface area (Å²) in [6.45, 7) is 11.9. The zero-order chi connectivity index (χ0) is 22.6. The average Bonchev–Trinajstić information content (AvgIpc) is 2.93. The molecule has 2 rings (SSSR count). The molecule has 4 unspecified atom stereocenters. The van der Waals surface area contributed by atoms with Gasteiger partial charge in [0.05, 0.1) is 6.10 Å². The Hall–Kier alpha value is -1.23. The molecule has 4 nitrogen and oxygen atoms in total. The molecule has 0 amide bonds. The van der Waals surface area contributed by atoms with Gasteiger partial charge in [-0.05, 0) is 81.6 Å². The number of carbonyl (C=O) groups is 2.